The van der Waals surface area contributed by atoms with Crippen molar-refractivity contribution in [2.45, 2.75) is 50.6 Å². The van der Waals surface area contributed by atoms with Crippen LogP contribution in [-0.4, -0.2) is 12.0 Å². The summed E-state index contributed by atoms with van der Waals surface area (Å²) in [5.74, 6) is 0.869. The molecule has 0 spiro atoms. The van der Waals surface area contributed by atoms with Crippen molar-refractivity contribution in [3.05, 3.63) is 0 Å². The van der Waals surface area contributed by atoms with Crippen molar-refractivity contribution >= 4 is 78.5 Å². The van der Waals surface area contributed by atoms with Gasteiger partial charge in [-0.3, -0.25) is 0 Å². The lowest BCUT2D eigenvalue weighted by Crippen LogP contribution is -2.36. The van der Waals surface area contributed by atoms with Crippen molar-refractivity contribution < 1.29 is 0 Å². The van der Waals surface area contributed by atoms with Crippen LogP contribution in [0.4, 0.5) is 0 Å². The van der Waals surface area contributed by atoms with Crippen LogP contribution in [0.1, 0.15) is 39.5 Å². The molecular weight excluding hydrogens is 389 g/mol. The van der Waals surface area contributed by atoms with E-state index < -0.39 is 12.0 Å². The molecule has 0 nitrogen and oxygen atoms in total. The molecule has 0 aromatic rings. The second-order valence-corrected chi connectivity index (χ2v) is 23.1. The zero-order valence-electron chi connectivity index (χ0n) is 10.4. The van der Waals surface area contributed by atoms with E-state index in [1.54, 1.807) is 0 Å². The Labute approximate surface area is 140 Å². The second-order valence-electron chi connectivity index (χ2n) is 5.25. The first-order valence-electron chi connectivity index (χ1n) is 6.20. The summed E-state index contributed by atoms with van der Waals surface area (Å²) in [4.78, 5) is 0. The van der Waals surface area contributed by atoms with Crippen LogP contribution in [0.5, 0.6) is 0 Å². The maximum Gasteiger partial charge on any atom is 0.344 e. The largest absolute Gasteiger partial charge is 0.344 e. The smallest absolute Gasteiger partial charge is 0.126 e. The van der Waals surface area contributed by atoms with Crippen molar-refractivity contribution in [2.75, 3.05) is 0 Å². The summed E-state index contributed by atoms with van der Waals surface area (Å²) in [6.07, 6.45) is 3.97. The van der Waals surface area contributed by atoms with Gasteiger partial charge in [0.2, 0.25) is 0 Å². The van der Waals surface area contributed by atoms with Crippen LogP contribution in [0.3, 0.4) is 0 Å². The van der Waals surface area contributed by atoms with E-state index in [0.29, 0.717) is 11.8 Å². The Morgan fingerprint density at radius 2 is 1.61 bits per heavy atom. The van der Waals surface area contributed by atoms with Crippen LogP contribution in [0.2, 0.25) is 11.1 Å². The van der Waals surface area contributed by atoms with Gasteiger partial charge >= 0.3 is 12.0 Å². The zero-order valence-corrected chi connectivity index (χ0v) is 16.9. The summed E-state index contributed by atoms with van der Waals surface area (Å²) in [6, 6.07) is -5.36. The van der Waals surface area contributed by atoms with Gasteiger partial charge in [0.25, 0.3) is 0 Å². The fourth-order valence-corrected chi connectivity index (χ4v) is 11.4. The van der Waals surface area contributed by atoms with Crippen LogP contribution in [0.25, 0.3) is 0 Å². The molecule has 1 aliphatic carbocycles. The summed E-state index contributed by atoms with van der Waals surface area (Å²) >= 11 is 37.3. The third-order valence-corrected chi connectivity index (χ3v) is 12.5. The molecule has 0 aromatic heterocycles. The fraction of sp³-hybridized carbons (Fsp3) is 1.00. The first-order chi connectivity index (χ1) is 8.07. The summed E-state index contributed by atoms with van der Waals surface area (Å²) in [6.45, 7) is 4.25. The molecule has 0 N–H and O–H groups in total. The van der Waals surface area contributed by atoms with Gasteiger partial charge in [0, 0.05) is 0 Å². The third-order valence-electron chi connectivity index (χ3n) is 4.09. The highest BCUT2D eigenvalue weighted by molar-refractivity contribution is 7.65. The van der Waals surface area contributed by atoms with Crippen molar-refractivity contribution in [1.29, 1.82) is 0 Å². The van der Waals surface area contributed by atoms with E-state index in [1.165, 1.54) is 0 Å². The Morgan fingerprint density at radius 1 is 1.06 bits per heavy atom. The van der Waals surface area contributed by atoms with E-state index in [4.69, 9.17) is 66.5 Å². The molecule has 0 aromatic carbocycles. The molecule has 1 aliphatic rings. The highest BCUT2D eigenvalue weighted by Crippen LogP contribution is 2.54. The van der Waals surface area contributed by atoms with Gasteiger partial charge in [-0.15, -0.1) is 66.5 Å². The van der Waals surface area contributed by atoms with Crippen molar-refractivity contribution in [2.24, 2.45) is 11.8 Å². The SMILES string of the molecule is CCC(C1CCC(C)C([Si](Cl)(Cl)Cl)C1)[Si](Cl)(Cl)Cl. The average Bonchev–Trinajstić information content (AvgIpc) is 2.17. The first kappa shape index (κ1) is 18.2. The number of hydrogen-bond donors (Lipinski definition) is 0. The third kappa shape index (κ3) is 4.87. The lowest BCUT2D eigenvalue weighted by molar-refractivity contribution is 0.274. The Kier molecular flexibility index (Phi) is 7.04. The highest BCUT2D eigenvalue weighted by atomic mass is 35.8. The molecule has 4 atom stereocenters. The topological polar surface area (TPSA) is 0 Å². The standard InChI is InChI=1S/C10H18Cl6Si2/c1-3-9(17(11,12)13)8-5-4-7(2)10(6-8)18(14,15)16/h7-10H,3-6H2,1-2H3. The molecule has 0 saturated heterocycles. The van der Waals surface area contributed by atoms with E-state index >= 15 is 0 Å². The lowest BCUT2D eigenvalue weighted by Gasteiger charge is -2.41. The monoisotopic (exact) mass is 404 g/mol. The van der Waals surface area contributed by atoms with Gasteiger partial charge in [-0.1, -0.05) is 33.1 Å². The van der Waals surface area contributed by atoms with Crippen LogP contribution in [-0.2, 0) is 0 Å². The van der Waals surface area contributed by atoms with Gasteiger partial charge in [0.15, 0.2) is 0 Å². The average molecular weight is 407 g/mol. The molecule has 1 saturated carbocycles. The first-order valence-corrected chi connectivity index (χ1v) is 16.4. The van der Waals surface area contributed by atoms with Crippen LogP contribution < -0.4 is 0 Å². The predicted octanol–water partition coefficient (Wildman–Crippen LogP) is 6.88. The molecule has 108 valence electrons. The molecule has 4 unspecified atom stereocenters. The Hall–Kier alpha value is 2.17. The minimum Gasteiger partial charge on any atom is -0.126 e. The van der Waals surface area contributed by atoms with E-state index in [0.717, 1.165) is 25.7 Å². The Bertz CT molecular complexity index is 263. The second kappa shape index (κ2) is 6.96. The summed E-state index contributed by atoms with van der Waals surface area (Å²) in [5.41, 5.74) is 0.371. The van der Waals surface area contributed by atoms with Crippen LogP contribution >= 0.6 is 66.5 Å². The Morgan fingerprint density at radius 3 is 2.00 bits per heavy atom. The zero-order chi connectivity index (χ0) is 14.1. The molecule has 8 heteroatoms. The van der Waals surface area contributed by atoms with Gasteiger partial charge in [0.1, 0.15) is 0 Å². The van der Waals surface area contributed by atoms with E-state index in [1.807, 2.05) is 0 Å². The lowest BCUT2D eigenvalue weighted by atomic mass is 9.80. The normalized spacial score (nSPS) is 32.3. The summed E-state index contributed by atoms with van der Waals surface area (Å²) < 4.78 is 0. The molecule has 0 bridgehead atoms. The molecule has 0 heterocycles. The molecular formula is C10H18Cl6Si2. The minimum absolute atomic E-state index is 0.179. The van der Waals surface area contributed by atoms with Crippen molar-refractivity contribution in [3.63, 3.8) is 0 Å². The van der Waals surface area contributed by atoms with Crippen molar-refractivity contribution in [1.82, 2.24) is 0 Å². The fourth-order valence-electron chi connectivity index (χ4n) is 3.01. The van der Waals surface area contributed by atoms with E-state index in [9.17, 15) is 0 Å². The highest BCUT2D eigenvalue weighted by Gasteiger charge is 2.48. The van der Waals surface area contributed by atoms with Gasteiger partial charge < -0.3 is 0 Å². The molecule has 0 amide bonds. The molecule has 0 radical (unpaired) electrons. The van der Waals surface area contributed by atoms with E-state index in [-0.39, 0.29) is 11.1 Å². The molecule has 0 aliphatic heterocycles. The predicted molar refractivity (Wildman–Crippen MR) is 90.9 cm³/mol. The molecule has 1 fully saturated rings. The van der Waals surface area contributed by atoms with Gasteiger partial charge in [-0.05, 0) is 29.3 Å². The molecule has 1 rings (SSSR count). The van der Waals surface area contributed by atoms with Crippen LogP contribution in [0, 0.1) is 11.8 Å². The van der Waals surface area contributed by atoms with Crippen molar-refractivity contribution in [3.8, 4) is 0 Å². The van der Waals surface area contributed by atoms with Gasteiger partial charge in [-0.2, -0.15) is 0 Å². The number of hydrogen-bond acceptors (Lipinski definition) is 0. The summed E-state index contributed by atoms with van der Waals surface area (Å²) in [5, 5.41) is 0. The molecule has 18 heavy (non-hydrogen) atoms. The maximum absolute atomic E-state index is 6.22. The summed E-state index contributed by atoms with van der Waals surface area (Å²) in [7, 11) is 0. The Balaban J connectivity index is 2.81. The minimum atomic E-state index is -2.68. The van der Waals surface area contributed by atoms with Gasteiger partial charge in [-0.25, -0.2) is 0 Å². The van der Waals surface area contributed by atoms with Gasteiger partial charge in [0.05, 0.1) is 0 Å². The van der Waals surface area contributed by atoms with E-state index in [2.05, 4.69) is 13.8 Å². The number of halogens is 6. The quantitative estimate of drug-likeness (QED) is 0.352. The maximum atomic E-state index is 6.22. The van der Waals surface area contributed by atoms with Crippen LogP contribution in [0.15, 0.2) is 0 Å². The number of rotatable bonds is 4.